The van der Waals surface area contributed by atoms with Crippen molar-refractivity contribution in [2.75, 3.05) is 12.3 Å². The van der Waals surface area contributed by atoms with Gasteiger partial charge in [0.05, 0.1) is 25.1 Å². The zero-order valence-corrected chi connectivity index (χ0v) is 15.9. The second-order valence-electron chi connectivity index (χ2n) is 5.29. The zero-order valence-electron chi connectivity index (χ0n) is 13.5. The van der Waals surface area contributed by atoms with E-state index in [4.69, 9.17) is 4.42 Å². The van der Waals surface area contributed by atoms with Crippen molar-refractivity contribution in [2.24, 2.45) is 0 Å². The van der Waals surface area contributed by atoms with Crippen LogP contribution in [0.3, 0.4) is 0 Å². The van der Waals surface area contributed by atoms with E-state index in [2.05, 4.69) is 26.6 Å². The summed E-state index contributed by atoms with van der Waals surface area (Å²) in [5.41, 5.74) is 2.24. The van der Waals surface area contributed by atoms with Crippen molar-refractivity contribution in [2.45, 2.75) is 25.3 Å². The van der Waals surface area contributed by atoms with E-state index in [0.29, 0.717) is 12.3 Å². The van der Waals surface area contributed by atoms with Gasteiger partial charge in [0.2, 0.25) is 11.8 Å². The standard InChI is InChI=1S/C17H19BrN2O3S/c1-11-7-15(12(2)6-14(11)18)24-10-17(22)20-9-16(21)19-8-13-4-3-5-23-13/h3-7H,8-10H2,1-2H3,(H,19,21)(H,20,22). The summed E-state index contributed by atoms with van der Waals surface area (Å²) >= 11 is 4.95. The molecule has 0 radical (unpaired) electrons. The Morgan fingerprint density at radius 3 is 2.67 bits per heavy atom. The van der Waals surface area contributed by atoms with Gasteiger partial charge in [-0.1, -0.05) is 15.9 Å². The first-order valence-electron chi connectivity index (χ1n) is 7.41. The smallest absolute Gasteiger partial charge is 0.239 e. The molecule has 0 bridgehead atoms. The molecule has 1 aromatic carbocycles. The molecule has 2 N–H and O–H groups in total. The minimum atomic E-state index is -0.250. The minimum Gasteiger partial charge on any atom is -0.467 e. The summed E-state index contributed by atoms with van der Waals surface area (Å²) in [6, 6.07) is 7.62. The molecule has 0 saturated carbocycles. The first-order chi connectivity index (χ1) is 11.5. The first-order valence-corrected chi connectivity index (χ1v) is 9.19. The highest BCUT2D eigenvalue weighted by Gasteiger charge is 2.09. The lowest BCUT2D eigenvalue weighted by atomic mass is 10.2. The van der Waals surface area contributed by atoms with Gasteiger partial charge >= 0.3 is 0 Å². The number of thioether (sulfide) groups is 1. The van der Waals surface area contributed by atoms with Crippen LogP contribution in [0.5, 0.6) is 0 Å². The van der Waals surface area contributed by atoms with Gasteiger partial charge in [0.15, 0.2) is 0 Å². The summed E-state index contributed by atoms with van der Waals surface area (Å²) in [7, 11) is 0. The minimum absolute atomic E-state index is 0.0432. The molecule has 1 heterocycles. The van der Waals surface area contributed by atoms with Crippen LogP contribution in [-0.2, 0) is 16.1 Å². The first kappa shape index (κ1) is 18.6. The molecule has 0 aliphatic heterocycles. The van der Waals surface area contributed by atoms with Gasteiger partial charge in [-0.15, -0.1) is 11.8 Å². The van der Waals surface area contributed by atoms with Gasteiger partial charge < -0.3 is 15.1 Å². The molecule has 2 amide bonds. The highest BCUT2D eigenvalue weighted by atomic mass is 79.9. The number of carbonyl (C=O) groups is 2. The number of hydrogen-bond acceptors (Lipinski definition) is 4. The molecule has 128 valence electrons. The molecule has 2 aromatic rings. The Morgan fingerprint density at radius 2 is 1.96 bits per heavy atom. The third-order valence-corrected chi connectivity index (χ3v) is 5.31. The number of furan rings is 1. The van der Waals surface area contributed by atoms with E-state index in [-0.39, 0.29) is 24.1 Å². The Bertz CT molecular complexity index is 717. The molecule has 5 nitrogen and oxygen atoms in total. The molecule has 1 aromatic heterocycles. The molecule has 7 heteroatoms. The van der Waals surface area contributed by atoms with Crippen molar-refractivity contribution in [3.8, 4) is 0 Å². The largest absolute Gasteiger partial charge is 0.467 e. The van der Waals surface area contributed by atoms with Crippen molar-refractivity contribution in [3.05, 3.63) is 51.9 Å². The average Bonchev–Trinajstić information content (AvgIpc) is 3.06. The molecule has 0 aliphatic carbocycles. The fourth-order valence-corrected chi connectivity index (χ4v) is 3.34. The molecular formula is C17H19BrN2O3S. The van der Waals surface area contributed by atoms with E-state index in [0.717, 1.165) is 20.5 Å². The maximum absolute atomic E-state index is 11.9. The normalized spacial score (nSPS) is 10.5. The number of aryl methyl sites for hydroxylation is 2. The van der Waals surface area contributed by atoms with Gasteiger partial charge in [-0.05, 0) is 49.2 Å². The van der Waals surface area contributed by atoms with Crippen LogP contribution in [0.15, 0.2) is 44.3 Å². The van der Waals surface area contributed by atoms with Gasteiger partial charge in [-0.2, -0.15) is 0 Å². The van der Waals surface area contributed by atoms with Crippen LogP contribution in [0.1, 0.15) is 16.9 Å². The van der Waals surface area contributed by atoms with E-state index in [1.165, 1.54) is 11.8 Å². The third-order valence-electron chi connectivity index (χ3n) is 3.30. The fourth-order valence-electron chi connectivity index (χ4n) is 1.94. The highest BCUT2D eigenvalue weighted by molar-refractivity contribution is 9.10. The predicted octanol–water partition coefficient (Wildman–Crippen LogP) is 3.18. The summed E-state index contributed by atoms with van der Waals surface area (Å²) in [5, 5.41) is 5.29. The third kappa shape index (κ3) is 5.72. The fraction of sp³-hybridized carbons (Fsp3) is 0.294. The lowest BCUT2D eigenvalue weighted by Gasteiger charge is -2.09. The molecule has 0 atom stereocenters. The Labute approximate surface area is 153 Å². The Kier molecular flexibility index (Phi) is 6.93. The molecule has 0 fully saturated rings. The molecular weight excluding hydrogens is 392 g/mol. The summed E-state index contributed by atoms with van der Waals surface area (Å²) in [6.45, 7) is 4.29. The predicted molar refractivity (Wildman–Crippen MR) is 97.9 cm³/mol. The summed E-state index contributed by atoms with van der Waals surface area (Å²) in [4.78, 5) is 24.6. The van der Waals surface area contributed by atoms with Crippen LogP contribution in [0.25, 0.3) is 0 Å². The van der Waals surface area contributed by atoms with Gasteiger partial charge in [-0.3, -0.25) is 9.59 Å². The number of benzene rings is 1. The Morgan fingerprint density at radius 1 is 1.17 bits per heavy atom. The molecule has 0 spiro atoms. The van der Waals surface area contributed by atoms with Crippen LogP contribution in [0.4, 0.5) is 0 Å². The average molecular weight is 411 g/mol. The summed E-state index contributed by atoms with van der Waals surface area (Å²) in [6.07, 6.45) is 1.55. The van der Waals surface area contributed by atoms with Crippen LogP contribution in [0.2, 0.25) is 0 Å². The number of amides is 2. The monoisotopic (exact) mass is 410 g/mol. The van der Waals surface area contributed by atoms with Crippen molar-refractivity contribution in [3.63, 3.8) is 0 Å². The van der Waals surface area contributed by atoms with Crippen LogP contribution in [-0.4, -0.2) is 24.1 Å². The lowest BCUT2D eigenvalue weighted by molar-refractivity contribution is -0.124. The van der Waals surface area contributed by atoms with Crippen LogP contribution >= 0.6 is 27.7 Å². The zero-order chi connectivity index (χ0) is 17.5. The van der Waals surface area contributed by atoms with Crippen molar-refractivity contribution < 1.29 is 14.0 Å². The van der Waals surface area contributed by atoms with E-state index < -0.39 is 0 Å². The maximum Gasteiger partial charge on any atom is 0.239 e. The number of carbonyl (C=O) groups excluding carboxylic acids is 2. The molecule has 24 heavy (non-hydrogen) atoms. The second kappa shape index (κ2) is 8.94. The molecule has 0 unspecified atom stereocenters. The van der Waals surface area contributed by atoms with Gasteiger partial charge in [-0.25, -0.2) is 0 Å². The van der Waals surface area contributed by atoms with E-state index >= 15 is 0 Å². The number of rotatable bonds is 7. The number of halogens is 1. The topological polar surface area (TPSA) is 71.3 Å². The number of nitrogens with one attached hydrogen (secondary N) is 2. The van der Waals surface area contributed by atoms with Crippen molar-refractivity contribution in [1.29, 1.82) is 0 Å². The molecule has 2 rings (SSSR count). The van der Waals surface area contributed by atoms with Crippen LogP contribution in [0, 0.1) is 13.8 Å². The van der Waals surface area contributed by atoms with Crippen molar-refractivity contribution >= 4 is 39.5 Å². The van der Waals surface area contributed by atoms with E-state index in [1.54, 1.807) is 18.4 Å². The maximum atomic E-state index is 11.9. The SMILES string of the molecule is Cc1cc(SCC(=O)NCC(=O)NCc2ccco2)c(C)cc1Br. The quantitative estimate of drug-likeness (QED) is 0.687. The Hall–Kier alpha value is -1.73. The van der Waals surface area contributed by atoms with Gasteiger partial charge in [0, 0.05) is 9.37 Å². The van der Waals surface area contributed by atoms with E-state index in [1.807, 2.05) is 26.0 Å². The summed E-state index contributed by atoms with van der Waals surface area (Å²) in [5.74, 6) is 0.521. The molecule has 0 aliphatic rings. The van der Waals surface area contributed by atoms with Gasteiger partial charge in [0.1, 0.15) is 5.76 Å². The summed E-state index contributed by atoms with van der Waals surface area (Å²) < 4.78 is 6.17. The number of hydrogen-bond donors (Lipinski definition) is 2. The second-order valence-corrected chi connectivity index (χ2v) is 7.16. The van der Waals surface area contributed by atoms with Crippen molar-refractivity contribution in [1.82, 2.24) is 10.6 Å². The Balaban J connectivity index is 1.71. The van der Waals surface area contributed by atoms with Gasteiger partial charge in [0.25, 0.3) is 0 Å². The van der Waals surface area contributed by atoms with Crippen LogP contribution < -0.4 is 10.6 Å². The lowest BCUT2D eigenvalue weighted by Crippen LogP contribution is -2.37. The highest BCUT2D eigenvalue weighted by Crippen LogP contribution is 2.28. The molecule has 0 saturated heterocycles. The van der Waals surface area contributed by atoms with E-state index in [9.17, 15) is 9.59 Å².